The number of methoxy groups -OCH3 is 1. The molecule has 1 heterocycles. The summed E-state index contributed by atoms with van der Waals surface area (Å²) >= 11 is 0. The fraction of sp³-hybridized carbons (Fsp3) is 0.818. The lowest BCUT2D eigenvalue weighted by atomic mass is 10.1. The molecule has 1 aromatic heterocycles. The molecular weight excluding hydrogens is 270 g/mol. The number of hydrogen-bond donors (Lipinski definition) is 4. The highest BCUT2D eigenvalue weighted by Gasteiger charge is 2.32. The lowest BCUT2D eigenvalue weighted by Crippen LogP contribution is -2.46. The Balaban J connectivity index is 2.51. The maximum Gasteiger partial charge on any atom is 0.186 e. The minimum atomic E-state index is -1.49. The van der Waals surface area contributed by atoms with Crippen molar-refractivity contribution in [1.29, 1.82) is 0 Å². The zero-order valence-electron chi connectivity index (χ0n) is 11.5. The summed E-state index contributed by atoms with van der Waals surface area (Å²) in [6, 6.07) is 0. The predicted octanol–water partition coefficient (Wildman–Crippen LogP) is -2.23. The van der Waals surface area contributed by atoms with Crippen molar-refractivity contribution >= 4 is 0 Å². The molecule has 0 bridgehead atoms. The number of nitrogens with zero attached hydrogens (tertiary/aromatic N) is 3. The molecule has 1 rings (SSSR count). The first kappa shape index (κ1) is 17.0. The van der Waals surface area contributed by atoms with E-state index in [2.05, 4.69) is 10.3 Å². The molecule has 9 heteroatoms. The first-order valence-electron chi connectivity index (χ1n) is 6.14. The molecule has 0 saturated carbocycles. The van der Waals surface area contributed by atoms with Crippen LogP contribution in [-0.4, -0.2) is 73.7 Å². The summed E-state index contributed by atoms with van der Waals surface area (Å²) in [5.41, 5.74) is 0.534. The van der Waals surface area contributed by atoms with Crippen molar-refractivity contribution in [3.8, 4) is 0 Å². The first-order chi connectivity index (χ1) is 9.49. The lowest BCUT2D eigenvalue weighted by Gasteiger charge is -2.28. The largest absolute Gasteiger partial charge is 0.396 e. The van der Waals surface area contributed by atoms with Crippen LogP contribution in [0.5, 0.6) is 0 Å². The summed E-state index contributed by atoms with van der Waals surface area (Å²) in [6.45, 7) is -0.269. The zero-order chi connectivity index (χ0) is 15.1. The second-order valence-electron chi connectivity index (χ2n) is 4.36. The van der Waals surface area contributed by atoms with Crippen LogP contribution >= 0.6 is 0 Å². The molecular formula is C11H21N3O6. The monoisotopic (exact) mass is 291 g/mol. The lowest BCUT2D eigenvalue weighted by molar-refractivity contribution is -0.220. The molecule has 0 fully saturated rings. The molecule has 4 atom stereocenters. The molecule has 1 aromatic rings. The third kappa shape index (κ3) is 4.78. The maximum atomic E-state index is 9.87. The quantitative estimate of drug-likeness (QED) is 0.376. The number of aryl methyl sites for hydroxylation is 1. The fourth-order valence-electron chi connectivity index (χ4n) is 1.63. The van der Waals surface area contributed by atoms with E-state index in [9.17, 15) is 15.3 Å². The summed E-state index contributed by atoms with van der Waals surface area (Å²) in [7, 11) is 3.00. The Morgan fingerprint density at radius 1 is 1.30 bits per heavy atom. The van der Waals surface area contributed by atoms with Crippen LogP contribution in [0.15, 0.2) is 6.20 Å². The number of aromatic nitrogens is 3. The molecule has 116 valence electrons. The van der Waals surface area contributed by atoms with Gasteiger partial charge in [0.05, 0.1) is 18.9 Å². The van der Waals surface area contributed by atoms with Gasteiger partial charge in [-0.05, 0) is 6.42 Å². The van der Waals surface area contributed by atoms with Crippen molar-refractivity contribution in [3.05, 3.63) is 11.9 Å². The van der Waals surface area contributed by atoms with Crippen molar-refractivity contribution in [2.45, 2.75) is 37.6 Å². The number of ether oxygens (including phenoxy) is 2. The molecule has 4 N–H and O–H groups in total. The van der Waals surface area contributed by atoms with Gasteiger partial charge < -0.3 is 29.9 Å². The van der Waals surface area contributed by atoms with Crippen LogP contribution in [0, 0.1) is 0 Å². The standard InChI is InChI=1S/C11H21N3O6/c1-14-5-7(12-13-14)6-20-11(19-2)10(18)9(17)8(16)3-4-15/h5,8-11,15-18H,3-4,6H2,1-2H3/t8?,9?,10-,11-/m0/s1. The molecule has 0 aliphatic carbocycles. The Bertz CT molecular complexity index is 388. The summed E-state index contributed by atoms with van der Waals surface area (Å²) < 4.78 is 11.7. The predicted molar refractivity (Wildman–Crippen MR) is 66.3 cm³/mol. The average Bonchev–Trinajstić information content (AvgIpc) is 2.84. The van der Waals surface area contributed by atoms with Gasteiger partial charge in [-0.25, -0.2) is 0 Å². The first-order valence-corrected chi connectivity index (χ1v) is 6.14. The van der Waals surface area contributed by atoms with Gasteiger partial charge in [0.25, 0.3) is 0 Å². The van der Waals surface area contributed by atoms with E-state index in [0.717, 1.165) is 0 Å². The SMILES string of the molecule is CO[C@@H](OCc1cn(C)nn1)[C@@H](O)C(O)C(O)CCO. The smallest absolute Gasteiger partial charge is 0.186 e. The molecule has 9 nitrogen and oxygen atoms in total. The van der Waals surface area contributed by atoms with E-state index >= 15 is 0 Å². The summed E-state index contributed by atoms with van der Waals surface area (Å²) in [4.78, 5) is 0. The van der Waals surface area contributed by atoms with E-state index in [4.69, 9.17) is 14.6 Å². The highest BCUT2D eigenvalue weighted by Crippen LogP contribution is 2.12. The average molecular weight is 291 g/mol. The van der Waals surface area contributed by atoms with Crippen LogP contribution in [0.2, 0.25) is 0 Å². The van der Waals surface area contributed by atoms with Gasteiger partial charge in [0.15, 0.2) is 6.29 Å². The van der Waals surface area contributed by atoms with Gasteiger partial charge in [-0.1, -0.05) is 5.21 Å². The Morgan fingerprint density at radius 3 is 2.50 bits per heavy atom. The fourth-order valence-corrected chi connectivity index (χ4v) is 1.63. The van der Waals surface area contributed by atoms with Crippen LogP contribution in [-0.2, 0) is 23.1 Å². The second-order valence-corrected chi connectivity index (χ2v) is 4.36. The van der Waals surface area contributed by atoms with Gasteiger partial charge in [0.1, 0.15) is 17.9 Å². The van der Waals surface area contributed by atoms with Crippen molar-refractivity contribution in [3.63, 3.8) is 0 Å². The van der Waals surface area contributed by atoms with E-state index in [-0.39, 0.29) is 19.6 Å². The number of hydrogen-bond acceptors (Lipinski definition) is 8. The maximum absolute atomic E-state index is 9.87. The molecule has 0 aromatic carbocycles. The third-order valence-corrected chi connectivity index (χ3v) is 2.73. The van der Waals surface area contributed by atoms with Crippen molar-refractivity contribution in [1.82, 2.24) is 15.0 Å². The van der Waals surface area contributed by atoms with Crippen molar-refractivity contribution in [2.75, 3.05) is 13.7 Å². The number of aliphatic hydroxyl groups excluding tert-OH is 4. The van der Waals surface area contributed by atoms with Gasteiger partial charge in [-0.15, -0.1) is 5.10 Å². The molecule has 0 saturated heterocycles. The number of rotatable bonds is 9. The normalized spacial score (nSPS) is 17.7. The molecule has 2 unspecified atom stereocenters. The Kier molecular flexibility index (Phi) is 6.99. The van der Waals surface area contributed by atoms with Crippen molar-refractivity contribution in [2.24, 2.45) is 7.05 Å². The molecule has 0 radical (unpaired) electrons. The molecule has 0 aliphatic heterocycles. The minimum absolute atomic E-state index is 0.0340. The second kappa shape index (κ2) is 8.25. The summed E-state index contributed by atoms with van der Waals surface area (Å²) in [6.07, 6.45) is -3.78. The van der Waals surface area contributed by atoms with Gasteiger partial charge in [0.2, 0.25) is 0 Å². The van der Waals surface area contributed by atoms with E-state index in [1.165, 1.54) is 11.8 Å². The Labute approximate surface area is 116 Å². The van der Waals surface area contributed by atoms with Gasteiger partial charge in [-0.3, -0.25) is 4.68 Å². The summed E-state index contributed by atoms with van der Waals surface area (Å²) in [5, 5.41) is 45.3. The van der Waals surface area contributed by atoms with Crippen LogP contribution in [0.4, 0.5) is 0 Å². The zero-order valence-corrected chi connectivity index (χ0v) is 11.5. The number of aliphatic hydroxyl groups is 4. The Morgan fingerprint density at radius 2 is 2.00 bits per heavy atom. The van der Waals surface area contributed by atoms with Gasteiger partial charge in [0, 0.05) is 20.8 Å². The van der Waals surface area contributed by atoms with Crippen LogP contribution in [0.25, 0.3) is 0 Å². The highest BCUT2D eigenvalue weighted by atomic mass is 16.7. The Hall–Kier alpha value is -1.10. The van der Waals surface area contributed by atoms with Crippen molar-refractivity contribution < 1.29 is 29.9 Å². The van der Waals surface area contributed by atoms with Crippen LogP contribution < -0.4 is 0 Å². The molecule has 20 heavy (non-hydrogen) atoms. The minimum Gasteiger partial charge on any atom is -0.396 e. The molecule has 0 amide bonds. The topological polar surface area (TPSA) is 130 Å². The summed E-state index contributed by atoms with van der Waals surface area (Å²) in [5.74, 6) is 0. The van der Waals surface area contributed by atoms with E-state index in [1.54, 1.807) is 13.2 Å². The van der Waals surface area contributed by atoms with Crippen LogP contribution in [0.3, 0.4) is 0 Å². The van der Waals surface area contributed by atoms with E-state index < -0.39 is 24.6 Å². The third-order valence-electron chi connectivity index (χ3n) is 2.73. The van der Waals surface area contributed by atoms with Gasteiger partial charge in [-0.2, -0.15) is 0 Å². The van der Waals surface area contributed by atoms with E-state index in [0.29, 0.717) is 5.69 Å². The molecule has 0 spiro atoms. The van der Waals surface area contributed by atoms with E-state index in [1.807, 2.05) is 0 Å². The van der Waals surface area contributed by atoms with Gasteiger partial charge >= 0.3 is 0 Å². The van der Waals surface area contributed by atoms with Crippen LogP contribution in [0.1, 0.15) is 12.1 Å². The molecule has 0 aliphatic rings. The highest BCUT2D eigenvalue weighted by molar-refractivity contribution is 4.89.